The molecule has 0 radical (unpaired) electrons. The molecule has 242 valence electrons. The highest BCUT2D eigenvalue weighted by molar-refractivity contribution is 9.10. The number of sulfonamides is 1. The molecular weight excluding hydrogens is 690 g/mol. The first-order chi connectivity index (χ1) is 22.0. The maximum Gasteiger partial charge on any atom is 0.264 e. The van der Waals surface area contributed by atoms with E-state index in [9.17, 15) is 18.0 Å². The van der Waals surface area contributed by atoms with Crippen LogP contribution in [0.4, 0.5) is 5.69 Å². The van der Waals surface area contributed by atoms with Gasteiger partial charge in [0.15, 0.2) is 0 Å². The second kappa shape index (κ2) is 16.1. The Balaban J connectivity index is 1.84. The zero-order chi connectivity index (χ0) is 33.3. The molecule has 4 rings (SSSR count). The molecular formula is C35H37BrClN3O5S. The average molecular weight is 727 g/mol. The van der Waals surface area contributed by atoms with Gasteiger partial charge in [0.2, 0.25) is 11.8 Å². The normalized spacial score (nSPS) is 11.8. The monoisotopic (exact) mass is 725 g/mol. The second-order valence-electron chi connectivity index (χ2n) is 10.8. The Labute approximate surface area is 284 Å². The summed E-state index contributed by atoms with van der Waals surface area (Å²) in [6.45, 7) is 3.68. The Kier molecular flexibility index (Phi) is 12.3. The minimum atomic E-state index is -4.31. The molecule has 46 heavy (non-hydrogen) atoms. The van der Waals surface area contributed by atoms with Crippen molar-refractivity contribution in [3.8, 4) is 5.75 Å². The Morgan fingerprint density at radius 2 is 1.61 bits per heavy atom. The van der Waals surface area contributed by atoms with Crippen molar-refractivity contribution < 1.29 is 22.7 Å². The van der Waals surface area contributed by atoms with Gasteiger partial charge in [-0.2, -0.15) is 0 Å². The minimum Gasteiger partial charge on any atom is -0.495 e. The lowest BCUT2D eigenvalue weighted by Crippen LogP contribution is -2.53. The Bertz CT molecular complexity index is 1740. The van der Waals surface area contributed by atoms with Crippen LogP contribution in [0.2, 0.25) is 5.02 Å². The van der Waals surface area contributed by atoms with Crippen molar-refractivity contribution in [1.82, 2.24) is 10.2 Å². The molecule has 0 aliphatic heterocycles. The summed E-state index contributed by atoms with van der Waals surface area (Å²) in [7, 11) is -2.89. The van der Waals surface area contributed by atoms with E-state index in [4.69, 9.17) is 16.3 Å². The van der Waals surface area contributed by atoms with Crippen LogP contribution in [-0.2, 0) is 32.6 Å². The van der Waals surface area contributed by atoms with Gasteiger partial charge in [0.25, 0.3) is 10.0 Å². The number of carbonyl (C=O) groups is 2. The quantitative estimate of drug-likeness (QED) is 0.155. The van der Waals surface area contributed by atoms with Gasteiger partial charge in [0, 0.05) is 29.0 Å². The lowest BCUT2D eigenvalue weighted by atomic mass is 10.0. The maximum absolute atomic E-state index is 14.6. The highest BCUT2D eigenvalue weighted by atomic mass is 79.9. The van der Waals surface area contributed by atoms with Gasteiger partial charge in [-0.3, -0.25) is 13.9 Å². The van der Waals surface area contributed by atoms with Crippen molar-refractivity contribution in [3.05, 3.63) is 123 Å². The number of ether oxygens (including phenoxy) is 1. The van der Waals surface area contributed by atoms with E-state index in [1.54, 1.807) is 24.3 Å². The first-order valence-electron chi connectivity index (χ1n) is 14.8. The van der Waals surface area contributed by atoms with Gasteiger partial charge in [-0.25, -0.2) is 8.42 Å². The third-order valence-corrected chi connectivity index (χ3v) is 9.92. The summed E-state index contributed by atoms with van der Waals surface area (Å²) in [5.41, 5.74) is 2.60. The van der Waals surface area contributed by atoms with E-state index in [2.05, 4.69) is 21.2 Å². The molecule has 0 fully saturated rings. The zero-order valence-corrected chi connectivity index (χ0v) is 29.1. The molecule has 0 aromatic heterocycles. The number of nitrogens with zero attached hydrogens (tertiary/aromatic N) is 2. The van der Waals surface area contributed by atoms with Gasteiger partial charge >= 0.3 is 0 Å². The fraction of sp³-hybridized carbons (Fsp3) is 0.257. The van der Waals surface area contributed by atoms with Crippen LogP contribution in [0.5, 0.6) is 5.75 Å². The van der Waals surface area contributed by atoms with Gasteiger partial charge in [-0.1, -0.05) is 94.6 Å². The van der Waals surface area contributed by atoms with E-state index in [-0.39, 0.29) is 40.2 Å². The number of carbonyl (C=O) groups excluding carboxylic acids is 2. The fourth-order valence-electron chi connectivity index (χ4n) is 4.92. The zero-order valence-electron chi connectivity index (χ0n) is 26.0. The summed E-state index contributed by atoms with van der Waals surface area (Å²) in [4.78, 5) is 29.8. The molecule has 2 amide bonds. The Hall–Kier alpha value is -3.86. The summed E-state index contributed by atoms with van der Waals surface area (Å²) < 4.78 is 36.0. The van der Waals surface area contributed by atoms with Crippen molar-refractivity contribution >= 4 is 55.1 Å². The molecule has 1 N–H and O–H groups in total. The van der Waals surface area contributed by atoms with E-state index < -0.39 is 28.5 Å². The number of halogens is 2. The van der Waals surface area contributed by atoms with Crippen LogP contribution in [0.3, 0.4) is 0 Å². The van der Waals surface area contributed by atoms with Crippen LogP contribution in [0, 0.1) is 6.92 Å². The third-order valence-electron chi connectivity index (χ3n) is 7.38. The van der Waals surface area contributed by atoms with Crippen molar-refractivity contribution in [3.63, 3.8) is 0 Å². The summed E-state index contributed by atoms with van der Waals surface area (Å²) in [5.74, 6) is -0.688. The molecule has 0 heterocycles. The molecule has 0 saturated heterocycles. The SMILES string of the molecule is CCCNC(=O)[C@@H](Cc1ccccc1)N(Cc1ccc(Br)cc1)C(=O)CN(c1cc(Cl)ccc1OC)S(=O)(=O)c1ccc(C)cc1. The molecule has 4 aromatic rings. The van der Waals surface area contributed by atoms with Gasteiger partial charge in [0.05, 0.1) is 17.7 Å². The van der Waals surface area contributed by atoms with Gasteiger partial charge < -0.3 is 15.0 Å². The number of rotatable bonds is 14. The smallest absolute Gasteiger partial charge is 0.264 e. The molecule has 1 atom stereocenters. The highest BCUT2D eigenvalue weighted by Gasteiger charge is 2.35. The highest BCUT2D eigenvalue weighted by Crippen LogP contribution is 2.35. The van der Waals surface area contributed by atoms with Gasteiger partial charge in [0.1, 0.15) is 18.3 Å². The maximum atomic E-state index is 14.6. The lowest BCUT2D eigenvalue weighted by molar-refractivity contribution is -0.140. The Morgan fingerprint density at radius 1 is 0.935 bits per heavy atom. The second-order valence-corrected chi connectivity index (χ2v) is 14.0. The third kappa shape index (κ3) is 8.90. The van der Waals surface area contributed by atoms with Crippen LogP contribution < -0.4 is 14.4 Å². The average Bonchev–Trinajstić information content (AvgIpc) is 3.05. The van der Waals surface area contributed by atoms with Crippen LogP contribution >= 0.6 is 27.5 Å². The number of benzene rings is 4. The predicted octanol–water partition coefficient (Wildman–Crippen LogP) is 6.78. The molecule has 0 saturated carbocycles. The Morgan fingerprint density at radius 3 is 2.24 bits per heavy atom. The van der Waals surface area contributed by atoms with Gasteiger partial charge in [-0.05, 0) is 66.9 Å². The summed E-state index contributed by atoms with van der Waals surface area (Å²) in [5, 5.41) is 3.21. The van der Waals surface area contributed by atoms with E-state index in [0.717, 1.165) is 25.5 Å². The van der Waals surface area contributed by atoms with E-state index in [0.29, 0.717) is 13.0 Å². The lowest BCUT2D eigenvalue weighted by Gasteiger charge is -2.34. The van der Waals surface area contributed by atoms with Gasteiger partial charge in [-0.15, -0.1) is 0 Å². The molecule has 0 aliphatic rings. The molecule has 0 aliphatic carbocycles. The van der Waals surface area contributed by atoms with Crippen molar-refractivity contribution in [2.45, 2.75) is 44.2 Å². The van der Waals surface area contributed by atoms with Crippen LogP contribution in [-0.4, -0.2) is 51.4 Å². The number of amides is 2. The molecule has 4 aromatic carbocycles. The summed E-state index contributed by atoms with van der Waals surface area (Å²) >= 11 is 9.81. The minimum absolute atomic E-state index is 0.00564. The number of aryl methyl sites for hydroxylation is 1. The van der Waals surface area contributed by atoms with E-state index >= 15 is 0 Å². The standard InChI is InChI=1S/C35H37BrClN3O5S/c1-4-20-38-35(42)32(21-26-8-6-5-7-9-26)39(23-27-12-14-28(36)15-13-27)34(41)24-40(31-22-29(37)16-19-33(31)45-3)46(43,44)30-17-10-25(2)11-18-30/h5-19,22,32H,4,20-21,23-24H2,1-3H3,(H,38,42)/t32-/m1/s1. The predicted molar refractivity (Wildman–Crippen MR) is 186 cm³/mol. The first kappa shape index (κ1) is 35.0. The molecule has 0 bridgehead atoms. The van der Waals surface area contributed by atoms with Crippen molar-refractivity contribution in [2.24, 2.45) is 0 Å². The van der Waals surface area contributed by atoms with E-state index in [1.165, 1.54) is 30.2 Å². The molecule has 0 spiro atoms. The molecule has 0 unspecified atom stereocenters. The molecule has 11 heteroatoms. The first-order valence-corrected chi connectivity index (χ1v) is 17.4. The largest absolute Gasteiger partial charge is 0.495 e. The van der Waals surface area contributed by atoms with Crippen LogP contribution in [0.15, 0.2) is 106 Å². The van der Waals surface area contributed by atoms with Crippen molar-refractivity contribution in [2.75, 3.05) is 24.5 Å². The summed E-state index contributed by atoms with van der Waals surface area (Å²) in [6, 6.07) is 26.9. The van der Waals surface area contributed by atoms with E-state index in [1.807, 2.05) is 68.4 Å². The van der Waals surface area contributed by atoms with Crippen LogP contribution in [0.1, 0.15) is 30.0 Å². The fourth-order valence-corrected chi connectivity index (χ4v) is 6.76. The van der Waals surface area contributed by atoms with Crippen LogP contribution in [0.25, 0.3) is 0 Å². The number of anilines is 1. The number of nitrogens with one attached hydrogen (secondary N) is 1. The number of hydrogen-bond donors (Lipinski definition) is 1. The van der Waals surface area contributed by atoms with Crippen molar-refractivity contribution in [1.29, 1.82) is 0 Å². The number of methoxy groups -OCH3 is 1. The number of hydrogen-bond acceptors (Lipinski definition) is 5. The topological polar surface area (TPSA) is 96.0 Å². The summed E-state index contributed by atoms with van der Waals surface area (Å²) in [6.07, 6.45) is 0.936. The molecule has 8 nitrogen and oxygen atoms in total.